The van der Waals surface area contributed by atoms with E-state index in [9.17, 15) is 4.79 Å². The minimum absolute atomic E-state index is 0. The van der Waals surface area contributed by atoms with Crippen LogP contribution in [0.5, 0.6) is 11.5 Å². The monoisotopic (exact) mass is 405 g/mol. The maximum atomic E-state index is 13.2. The first-order chi connectivity index (χ1) is 13.2. The van der Waals surface area contributed by atoms with Crippen LogP contribution in [0.1, 0.15) is 35.4 Å². The molecule has 28 heavy (non-hydrogen) atoms. The number of hydrogen-bond donors (Lipinski definition) is 1. The number of nitrogens with zero attached hydrogens (tertiary/aromatic N) is 4. The molecule has 0 aliphatic carbocycles. The zero-order chi connectivity index (χ0) is 18.4. The lowest BCUT2D eigenvalue weighted by molar-refractivity contribution is 0.0673. The van der Waals surface area contributed by atoms with Crippen LogP contribution in [0.4, 0.5) is 0 Å². The van der Waals surface area contributed by atoms with Crippen molar-refractivity contribution in [1.82, 2.24) is 25.2 Å². The molecular weight excluding hydrogens is 382 g/mol. The molecule has 1 aromatic carbocycles. The van der Waals surface area contributed by atoms with Gasteiger partial charge in [-0.1, -0.05) is 5.21 Å². The normalized spacial score (nSPS) is 23.1. The minimum atomic E-state index is -0.00695. The van der Waals surface area contributed by atoms with Crippen LogP contribution in [0.15, 0.2) is 18.2 Å². The molecule has 1 amide bonds. The second kappa shape index (κ2) is 7.60. The highest BCUT2D eigenvalue weighted by Crippen LogP contribution is 2.33. The maximum absolute atomic E-state index is 13.2. The molecule has 0 spiro atoms. The third-order valence-electron chi connectivity index (χ3n) is 5.76. The van der Waals surface area contributed by atoms with Crippen molar-refractivity contribution in [3.05, 3.63) is 29.6 Å². The van der Waals surface area contributed by atoms with Gasteiger partial charge in [0.2, 0.25) is 0 Å². The van der Waals surface area contributed by atoms with E-state index in [0.717, 1.165) is 49.5 Å². The van der Waals surface area contributed by atoms with Crippen LogP contribution in [0.3, 0.4) is 0 Å². The molecule has 3 aliphatic rings. The summed E-state index contributed by atoms with van der Waals surface area (Å²) in [5.74, 6) is 1.42. The lowest BCUT2D eigenvalue weighted by Gasteiger charge is -2.27. The van der Waals surface area contributed by atoms with Crippen molar-refractivity contribution >= 4 is 18.3 Å². The molecule has 0 saturated carbocycles. The van der Waals surface area contributed by atoms with Crippen LogP contribution in [-0.4, -0.2) is 64.2 Å². The third-order valence-corrected chi connectivity index (χ3v) is 5.76. The van der Waals surface area contributed by atoms with Gasteiger partial charge in [0.1, 0.15) is 13.2 Å². The first kappa shape index (κ1) is 19.0. The van der Waals surface area contributed by atoms with Crippen LogP contribution in [0, 0.1) is 6.92 Å². The van der Waals surface area contributed by atoms with Gasteiger partial charge in [0.15, 0.2) is 17.2 Å². The number of carbonyl (C=O) groups is 1. The van der Waals surface area contributed by atoms with E-state index >= 15 is 0 Å². The molecule has 1 N–H and O–H groups in total. The predicted molar refractivity (Wildman–Crippen MR) is 105 cm³/mol. The van der Waals surface area contributed by atoms with Crippen LogP contribution < -0.4 is 14.8 Å². The van der Waals surface area contributed by atoms with Crippen molar-refractivity contribution < 1.29 is 14.3 Å². The molecule has 5 rings (SSSR count). The van der Waals surface area contributed by atoms with E-state index in [4.69, 9.17) is 9.47 Å². The second-order valence-electron chi connectivity index (χ2n) is 7.35. The van der Waals surface area contributed by atoms with Gasteiger partial charge in [-0.05, 0) is 44.9 Å². The largest absolute Gasteiger partial charge is 0.486 e. The van der Waals surface area contributed by atoms with Gasteiger partial charge in [-0.2, -0.15) is 0 Å². The number of ether oxygens (including phenoxy) is 2. The highest BCUT2D eigenvalue weighted by atomic mass is 35.5. The van der Waals surface area contributed by atoms with Crippen molar-refractivity contribution in [3.8, 4) is 17.2 Å². The molecule has 3 aliphatic heterocycles. The van der Waals surface area contributed by atoms with Gasteiger partial charge in [0.25, 0.3) is 5.91 Å². The number of aromatic nitrogens is 3. The minimum Gasteiger partial charge on any atom is -0.486 e. The van der Waals surface area contributed by atoms with Crippen molar-refractivity contribution in [1.29, 1.82) is 0 Å². The Hall–Kier alpha value is -2.32. The van der Waals surface area contributed by atoms with E-state index in [2.05, 4.69) is 15.6 Å². The van der Waals surface area contributed by atoms with Gasteiger partial charge in [-0.15, -0.1) is 17.5 Å². The molecule has 2 unspecified atom stereocenters. The average Bonchev–Trinajstić information content (AvgIpc) is 3.19. The number of amides is 1. The summed E-state index contributed by atoms with van der Waals surface area (Å²) in [5, 5.41) is 11.9. The molecule has 2 saturated heterocycles. The third kappa shape index (κ3) is 3.10. The van der Waals surface area contributed by atoms with Crippen LogP contribution in [0.2, 0.25) is 0 Å². The summed E-state index contributed by atoms with van der Waals surface area (Å²) in [6, 6.07) is 6.21. The number of nitrogens with one attached hydrogen (secondary N) is 1. The Morgan fingerprint density at radius 3 is 2.79 bits per heavy atom. The fraction of sp³-hybridized carbons (Fsp3) is 0.526. The Morgan fingerprint density at radius 2 is 1.93 bits per heavy atom. The summed E-state index contributed by atoms with van der Waals surface area (Å²) in [6.07, 6.45) is 3.13. The van der Waals surface area contributed by atoms with Crippen molar-refractivity contribution in [2.45, 2.75) is 38.3 Å². The van der Waals surface area contributed by atoms with Gasteiger partial charge in [0, 0.05) is 24.7 Å². The van der Waals surface area contributed by atoms with Crippen LogP contribution in [-0.2, 0) is 0 Å². The summed E-state index contributed by atoms with van der Waals surface area (Å²) in [6.45, 7) is 4.80. The first-order valence-corrected chi connectivity index (χ1v) is 9.58. The number of rotatable bonds is 2. The van der Waals surface area contributed by atoms with Crippen molar-refractivity contribution in [2.75, 3.05) is 26.3 Å². The Labute approximate surface area is 169 Å². The zero-order valence-corrected chi connectivity index (χ0v) is 16.6. The highest BCUT2D eigenvalue weighted by molar-refractivity contribution is 5.94. The maximum Gasteiger partial charge on any atom is 0.276 e. The zero-order valence-electron chi connectivity index (χ0n) is 15.8. The van der Waals surface area contributed by atoms with Gasteiger partial charge in [-0.3, -0.25) is 4.79 Å². The van der Waals surface area contributed by atoms with Gasteiger partial charge in [-0.25, -0.2) is 4.68 Å². The molecule has 9 heteroatoms. The molecule has 2 fully saturated rings. The lowest BCUT2D eigenvalue weighted by atomic mass is 10.1. The van der Waals surface area contributed by atoms with Crippen molar-refractivity contribution in [3.63, 3.8) is 0 Å². The number of benzene rings is 1. The molecule has 2 bridgehead atoms. The Morgan fingerprint density at radius 1 is 1.14 bits per heavy atom. The summed E-state index contributed by atoms with van der Waals surface area (Å²) in [7, 11) is 0. The van der Waals surface area contributed by atoms with E-state index < -0.39 is 0 Å². The molecule has 2 atom stereocenters. The topological polar surface area (TPSA) is 81.5 Å². The van der Waals surface area contributed by atoms with E-state index in [1.165, 1.54) is 0 Å². The molecule has 8 nitrogen and oxygen atoms in total. The summed E-state index contributed by atoms with van der Waals surface area (Å²) >= 11 is 0. The fourth-order valence-electron chi connectivity index (χ4n) is 4.37. The Kier molecular flexibility index (Phi) is 5.16. The van der Waals surface area contributed by atoms with Gasteiger partial charge in [0.05, 0.1) is 11.4 Å². The summed E-state index contributed by atoms with van der Waals surface area (Å²) in [4.78, 5) is 15.3. The average molecular weight is 406 g/mol. The molecule has 150 valence electrons. The predicted octanol–water partition coefficient (Wildman–Crippen LogP) is 1.74. The number of hydrogen-bond acceptors (Lipinski definition) is 6. The molecular formula is C19H24ClN5O3. The molecule has 2 aromatic rings. The van der Waals surface area contributed by atoms with Crippen LogP contribution >= 0.6 is 12.4 Å². The first-order valence-electron chi connectivity index (χ1n) is 9.58. The SMILES string of the molecule is Cc1c(C(=O)N2C3CCNCC2CC3)nnn1-c1ccc2c(c1)OCCO2.Cl. The standard InChI is InChI=1S/C19H23N5O3.ClH/c1-12-18(19(25)23-13-2-3-15(23)11-20-7-6-13)21-22-24(12)14-4-5-16-17(10-14)27-9-8-26-16;/h4-5,10,13,15,20H,2-3,6-9,11H2,1H3;1H. The summed E-state index contributed by atoms with van der Waals surface area (Å²) in [5.41, 5.74) is 1.99. The van der Waals surface area contributed by atoms with E-state index in [-0.39, 0.29) is 24.4 Å². The van der Waals surface area contributed by atoms with E-state index in [0.29, 0.717) is 30.7 Å². The number of carbonyl (C=O) groups excluding carboxylic acids is 1. The van der Waals surface area contributed by atoms with Gasteiger partial charge >= 0.3 is 0 Å². The highest BCUT2D eigenvalue weighted by Gasteiger charge is 2.40. The number of fused-ring (bicyclic) bond motifs is 3. The van der Waals surface area contributed by atoms with Gasteiger partial charge < -0.3 is 19.7 Å². The molecule has 1 aromatic heterocycles. The lowest BCUT2D eigenvalue weighted by Crippen LogP contribution is -2.43. The number of halogens is 1. The molecule has 4 heterocycles. The smallest absolute Gasteiger partial charge is 0.276 e. The van der Waals surface area contributed by atoms with E-state index in [1.807, 2.05) is 30.0 Å². The van der Waals surface area contributed by atoms with E-state index in [1.54, 1.807) is 4.68 Å². The fourth-order valence-corrected chi connectivity index (χ4v) is 4.37. The second-order valence-corrected chi connectivity index (χ2v) is 7.35. The Bertz CT molecular complexity index is 872. The van der Waals surface area contributed by atoms with Crippen molar-refractivity contribution in [2.24, 2.45) is 0 Å². The Balaban J connectivity index is 0.00000192. The quantitative estimate of drug-likeness (QED) is 0.819. The summed E-state index contributed by atoms with van der Waals surface area (Å²) < 4.78 is 12.9. The van der Waals surface area contributed by atoms with Crippen LogP contribution in [0.25, 0.3) is 5.69 Å². The molecule has 0 radical (unpaired) electrons.